The van der Waals surface area contributed by atoms with E-state index in [9.17, 15) is 9.59 Å². The molecule has 2 aromatic carbocycles. The third kappa shape index (κ3) is 5.78. The molecule has 162 valence electrons. The monoisotopic (exact) mass is 420 g/mol. The maximum Gasteiger partial charge on any atom is 0.292 e. The van der Waals surface area contributed by atoms with Crippen LogP contribution in [-0.2, 0) is 6.54 Å². The molecule has 0 fully saturated rings. The van der Waals surface area contributed by atoms with E-state index in [2.05, 4.69) is 22.5 Å². The van der Waals surface area contributed by atoms with Crippen LogP contribution in [0.5, 0.6) is 5.75 Å². The second-order valence-corrected chi connectivity index (χ2v) is 7.19. The highest BCUT2D eigenvalue weighted by Gasteiger charge is 2.15. The highest BCUT2D eigenvalue weighted by Crippen LogP contribution is 2.14. The summed E-state index contributed by atoms with van der Waals surface area (Å²) in [5, 5.41) is 9.20. The minimum atomic E-state index is -0.471. The number of unbranched alkanes of at least 4 members (excludes halogenated alkanes) is 3. The molecule has 1 amide bonds. The van der Waals surface area contributed by atoms with Gasteiger partial charge >= 0.3 is 0 Å². The minimum Gasteiger partial charge on any atom is -0.494 e. The van der Waals surface area contributed by atoms with Gasteiger partial charge in [0.2, 0.25) is 0 Å². The lowest BCUT2D eigenvalue weighted by atomic mass is 10.1. The number of amides is 1. The Labute approximate surface area is 181 Å². The van der Waals surface area contributed by atoms with Gasteiger partial charge in [0.25, 0.3) is 11.5 Å². The molecular weight excluding hydrogens is 392 g/mol. The Bertz CT molecular complexity index is 1100. The number of hydrazone groups is 1. The van der Waals surface area contributed by atoms with Gasteiger partial charge in [0, 0.05) is 11.9 Å². The molecule has 0 saturated heterocycles. The van der Waals surface area contributed by atoms with Gasteiger partial charge in [0.15, 0.2) is 5.69 Å². The standard InChI is InChI=1S/C24H28N4O3/c1-3-5-6-9-16-31-19-14-12-18(13-15-19)17-25-26-23(29)22-20-10-7-8-11-21(20)24(30)28(4-2)27-22/h7-8,10-15,17H,3-6,9,16H2,1-2H3,(H,26,29)/b25-17+. The average Bonchev–Trinajstić information content (AvgIpc) is 2.80. The molecule has 1 N–H and O–H groups in total. The number of benzene rings is 2. The normalized spacial score (nSPS) is 11.2. The number of hydrogen-bond acceptors (Lipinski definition) is 5. The molecule has 7 heteroatoms. The van der Waals surface area contributed by atoms with E-state index in [1.165, 1.54) is 23.9 Å². The second-order valence-electron chi connectivity index (χ2n) is 7.19. The summed E-state index contributed by atoms with van der Waals surface area (Å²) in [4.78, 5) is 25.1. The average molecular weight is 421 g/mol. The van der Waals surface area contributed by atoms with Gasteiger partial charge in [0.1, 0.15) is 5.75 Å². The van der Waals surface area contributed by atoms with Crippen LogP contribution in [0.1, 0.15) is 55.6 Å². The Balaban J connectivity index is 1.63. The zero-order valence-corrected chi connectivity index (χ0v) is 18.0. The number of fused-ring (bicyclic) bond motifs is 1. The number of ether oxygens (including phenoxy) is 1. The van der Waals surface area contributed by atoms with Crippen LogP contribution in [0.2, 0.25) is 0 Å². The Morgan fingerprint density at radius 1 is 1.06 bits per heavy atom. The lowest BCUT2D eigenvalue weighted by Gasteiger charge is -2.08. The number of aryl methyl sites for hydroxylation is 1. The van der Waals surface area contributed by atoms with E-state index in [0.717, 1.165) is 17.7 Å². The summed E-state index contributed by atoms with van der Waals surface area (Å²) in [6.45, 7) is 5.08. The van der Waals surface area contributed by atoms with Gasteiger partial charge in [-0.05, 0) is 49.2 Å². The molecule has 0 unspecified atom stereocenters. The minimum absolute atomic E-state index is 0.168. The van der Waals surface area contributed by atoms with Crippen LogP contribution in [0.15, 0.2) is 58.4 Å². The number of aromatic nitrogens is 2. The smallest absolute Gasteiger partial charge is 0.292 e. The molecule has 0 bridgehead atoms. The molecular formula is C24H28N4O3. The van der Waals surface area contributed by atoms with E-state index in [1.807, 2.05) is 31.2 Å². The number of hydrogen-bond donors (Lipinski definition) is 1. The summed E-state index contributed by atoms with van der Waals surface area (Å²) in [6, 6.07) is 14.5. The lowest BCUT2D eigenvalue weighted by molar-refractivity contribution is 0.0949. The van der Waals surface area contributed by atoms with E-state index in [-0.39, 0.29) is 11.3 Å². The highest BCUT2D eigenvalue weighted by molar-refractivity contribution is 6.04. The molecule has 3 rings (SSSR count). The van der Waals surface area contributed by atoms with Crippen molar-refractivity contribution in [2.45, 2.75) is 46.1 Å². The number of carbonyl (C=O) groups excluding carboxylic acids is 1. The molecule has 1 aromatic heterocycles. The van der Waals surface area contributed by atoms with Gasteiger partial charge in [-0.1, -0.05) is 44.4 Å². The highest BCUT2D eigenvalue weighted by atomic mass is 16.5. The number of nitrogens with zero attached hydrogens (tertiary/aromatic N) is 3. The first kappa shape index (κ1) is 22.2. The van der Waals surface area contributed by atoms with Crippen molar-refractivity contribution >= 4 is 22.9 Å². The van der Waals surface area contributed by atoms with E-state index in [0.29, 0.717) is 23.9 Å². The molecule has 0 aliphatic carbocycles. The number of rotatable bonds is 10. The van der Waals surface area contributed by atoms with Crippen LogP contribution in [0.25, 0.3) is 10.8 Å². The summed E-state index contributed by atoms with van der Waals surface area (Å²) in [5.74, 6) is 0.344. The van der Waals surface area contributed by atoms with Crippen LogP contribution in [0, 0.1) is 0 Å². The summed E-state index contributed by atoms with van der Waals surface area (Å²) in [6.07, 6.45) is 6.23. The first-order valence-electron chi connectivity index (χ1n) is 10.7. The van der Waals surface area contributed by atoms with Crippen molar-refractivity contribution in [3.05, 3.63) is 70.1 Å². The Morgan fingerprint density at radius 2 is 1.81 bits per heavy atom. The van der Waals surface area contributed by atoms with Gasteiger partial charge in [-0.2, -0.15) is 10.2 Å². The quantitative estimate of drug-likeness (QED) is 0.303. The van der Waals surface area contributed by atoms with E-state index in [1.54, 1.807) is 30.5 Å². The predicted octanol–water partition coefficient (Wildman–Crippen LogP) is 4.14. The zero-order chi connectivity index (χ0) is 22.1. The molecule has 1 heterocycles. The summed E-state index contributed by atoms with van der Waals surface area (Å²) < 4.78 is 7.01. The van der Waals surface area contributed by atoms with Crippen LogP contribution < -0.4 is 15.7 Å². The molecule has 0 aliphatic heterocycles. The van der Waals surface area contributed by atoms with Crippen LogP contribution in [0.3, 0.4) is 0 Å². The van der Waals surface area contributed by atoms with Gasteiger partial charge in [-0.15, -0.1) is 0 Å². The van der Waals surface area contributed by atoms with E-state index >= 15 is 0 Å². The molecule has 0 aliphatic rings. The van der Waals surface area contributed by atoms with Gasteiger partial charge in [-0.3, -0.25) is 9.59 Å². The van der Waals surface area contributed by atoms with Crippen molar-refractivity contribution in [1.29, 1.82) is 0 Å². The lowest BCUT2D eigenvalue weighted by Crippen LogP contribution is -2.28. The number of nitrogens with one attached hydrogen (secondary N) is 1. The first-order chi connectivity index (χ1) is 15.1. The SMILES string of the molecule is CCCCCCOc1ccc(/C=N/NC(=O)c2nn(CC)c(=O)c3ccccc23)cc1. The Kier molecular flexibility index (Phi) is 7.92. The van der Waals surface area contributed by atoms with Crippen LogP contribution in [0.4, 0.5) is 0 Å². The van der Waals surface area contributed by atoms with Gasteiger partial charge < -0.3 is 4.74 Å². The topological polar surface area (TPSA) is 85.6 Å². The van der Waals surface area contributed by atoms with Crippen molar-refractivity contribution in [2.75, 3.05) is 6.61 Å². The fourth-order valence-electron chi connectivity index (χ4n) is 3.20. The number of carbonyl (C=O) groups is 1. The van der Waals surface area contributed by atoms with Crippen molar-refractivity contribution < 1.29 is 9.53 Å². The third-order valence-electron chi connectivity index (χ3n) is 4.91. The molecule has 0 spiro atoms. The predicted molar refractivity (Wildman–Crippen MR) is 123 cm³/mol. The van der Waals surface area contributed by atoms with Gasteiger partial charge in [-0.25, -0.2) is 10.1 Å². The fraction of sp³-hybridized carbons (Fsp3) is 0.333. The summed E-state index contributed by atoms with van der Waals surface area (Å²) >= 11 is 0. The van der Waals surface area contributed by atoms with Crippen LogP contribution >= 0.6 is 0 Å². The third-order valence-corrected chi connectivity index (χ3v) is 4.91. The maximum atomic E-state index is 12.7. The molecule has 7 nitrogen and oxygen atoms in total. The maximum absolute atomic E-state index is 12.7. The van der Waals surface area contributed by atoms with Gasteiger partial charge in [0.05, 0.1) is 18.2 Å². The van der Waals surface area contributed by atoms with Crippen molar-refractivity contribution in [2.24, 2.45) is 5.10 Å². The fourth-order valence-corrected chi connectivity index (χ4v) is 3.20. The second kappa shape index (κ2) is 11.1. The molecule has 0 saturated carbocycles. The summed E-state index contributed by atoms with van der Waals surface area (Å²) in [5.41, 5.74) is 3.28. The molecule has 31 heavy (non-hydrogen) atoms. The zero-order valence-electron chi connectivity index (χ0n) is 18.0. The first-order valence-corrected chi connectivity index (χ1v) is 10.7. The Morgan fingerprint density at radius 3 is 2.52 bits per heavy atom. The molecule has 0 radical (unpaired) electrons. The van der Waals surface area contributed by atoms with E-state index < -0.39 is 5.91 Å². The molecule has 0 atom stereocenters. The van der Waals surface area contributed by atoms with Crippen molar-refractivity contribution in [3.8, 4) is 5.75 Å². The summed E-state index contributed by atoms with van der Waals surface area (Å²) in [7, 11) is 0. The van der Waals surface area contributed by atoms with Crippen LogP contribution in [-0.4, -0.2) is 28.5 Å². The Hall–Kier alpha value is -3.48. The largest absolute Gasteiger partial charge is 0.494 e. The van der Waals surface area contributed by atoms with Crippen molar-refractivity contribution in [3.63, 3.8) is 0 Å². The molecule has 3 aromatic rings. The van der Waals surface area contributed by atoms with E-state index in [4.69, 9.17) is 4.74 Å². The van der Waals surface area contributed by atoms with Crippen molar-refractivity contribution in [1.82, 2.24) is 15.2 Å².